The van der Waals surface area contributed by atoms with Gasteiger partial charge in [0, 0.05) is 17.2 Å². The van der Waals surface area contributed by atoms with Gasteiger partial charge in [-0.25, -0.2) is 0 Å². The van der Waals surface area contributed by atoms with E-state index in [1.165, 1.54) is 17.0 Å². The molecule has 0 radical (unpaired) electrons. The van der Waals surface area contributed by atoms with Gasteiger partial charge in [0.05, 0.1) is 15.5 Å². The van der Waals surface area contributed by atoms with Crippen molar-refractivity contribution in [2.45, 2.75) is 0 Å². The first-order valence-electron chi connectivity index (χ1n) is 6.74. The second-order valence-corrected chi connectivity index (χ2v) is 6.96. The van der Waals surface area contributed by atoms with E-state index in [9.17, 15) is 14.9 Å². The second kappa shape index (κ2) is 6.72. The Balaban J connectivity index is 1.92. The summed E-state index contributed by atoms with van der Waals surface area (Å²) in [5.41, 5.74) is 1.17. The minimum atomic E-state index is -0.476. The number of amides is 1. The van der Waals surface area contributed by atoms with Gasteiger partial charge in [0.1, 0.15) is 0 Å². The topological polar surface area (TPSA) is 63.4 Å². The van der Waals surface area contributed by atoms with Gasteiger partial charge in [-0.15, -0.1) is 0 Å². The van der Waals surface area contributed by atoms with Crippen LogP contribution < -0.4 is 4.90 Å². The summed E-state index contributed by atoms with van der Waals surface area (Å²) in [5.74, 6) is -0.265. The molecule has 1 amide bonds. The largest absolute Gasteiger partial charge is 0.270 e. The molecule has 120 valence electrons. The number of hydrogen-bond donors (Lipinski definition) is 0. The van der Waals surface area contributed by atoms with Crippen LogP contribution in [0.1, 0.15) is 5.56 Å². The van der Waals surface area contributed by atoms with Crippen LogP contribution in [0.3, 0.4) is 0 Å². The van der Waals surface area contributed by atoms with Crippen molar-refractivity contribution in [1.29, 1.82) is 0 Å². The molecule has 0 unspecified atom stereocenters. The van der Waals surface area contributed by atoms with Crippen LogP contribution in [-0.2, 0) is 4.79 Å². The Bertz CT molecular complexity index is 881. The predicted octanol–water partition coefficient (Wildman–Crippen LogP) is 4.65. The first kappa shape index (κ1) is 16.6. The third kappa shape index (κ3) is 3.33. The molecule has 3 rings (SSSR count). The zero-order valence-electron chi connectivity index (χ0n) is 12.0. The smallest absolute Gasteiger partial charge is 0.268 e. The van der Waals surface area contributed by atoms with Crippen molar-refractivity contribution in [3.8, 4) is 0 Å². The van der Waals surface area contributed by atoms with Gasteiger partial charge < -0.3 is 0 Å². The van der Waals surface area contributed by atoms with Gasteiger partial charge in [-0.3, -0.25) is 19.8 Å². The lowest BCUT2D eigenvalue weighted by Crippen LogP contribution is -2.27. The van der Waals surface area contributed by atoms with Crippen molar-refractivity contribution >= 4 is 63.3 Å². The minimum absolute atomic E-state index is 0.0306. The highest BCUT2D eigenvalue weighted by molar-refractivity contribution is 8.27. The molecule has 5 nitrogen and oxygen atoms in total. The molecule has 1 heterocycles. The number of anilines is 1. The average molecular weight is 377 g/mol. The van der Waals surface area contributed by atoms with Crippen LogP contribution in [0.2, 0.25) is 5.02 Å². The van der Waals surface area contributed by atoms with Gasteiger partial charge in [-0.1, -0.05) is 47.7 Å². The number of carbonyl (C=O) groups is 1. The van der Waals surface area contributed by atoms with Crippen LogP contribution in [0, 0.1) is 10.1 Å². The first-order valence-corrected chi connectivity index (χ1v) is 8.34. The Morgan fingerprint density at radius 3 is 2.58 bits per heavy atom. The van der Waals surface area contributed by atoms with E-state index in [-0.39, 0.29) is 11.6 Å². The van der Waals surface area contributed by atoms with Gasteiger partial charge in [-0.05, 0) is 35.9 Å². The quantitative estimate of drug-likeness (QED) is 0.337. The summed E-state index contributed by atoms with van der Waals surface area (Å²) in [4.78, 5) is 24.8. The van der Waals surface area contributed by atoms with E-state index < -0.39 is 4.92 Å². The summed E-state index contributed by atoms with van der Waals surface area (Å²) in [5, 5.41) is 11.4. The number of thioether (sulfide) groups is 1. The van der Waals surface area contributed by atoms with Crippen LogP contribution in [-0.4, -0.2) is 15.2 Å². The van der Waals surface area contributed by atoms with Gasteiger partial charge in [0.2, 0.25) is 0 Å². The standard InChI is InChI=1S/C16H9ClN2O3S2/c17-11-4-6-12(7-5-11)18-15(20)14(24-16(18)23)9-10-2-1-3-13(8-10)19(21)22/h1-9H/b14-9+. The number of nitro benzene ring substituents is 1. The Hall–Kier alpha value is -2.22. The maximum absolute atomic E-state index is 12.6. The normalized spacial score (nSPS) is 16.0. The number of carbonyl (C=O) groups excluding carboxylic acids is 1. The number of halogens is 1. The summed E-state index contributed by atoms with van der Waals surface area (Å²) in [7, 11) is 0. The predicted molar refractivity (Wildman–Crippen MR) is 100 cm³/mol. The molecular weight excluding hydrogens is 368 g/mol. The minimum Gasteiger partial charge on any atom is -0.268 e. The third-order valence-corrected chi connectivity index (χ3v) is 4.81. The second-order valence-electron chi connectivity index (χ2n) is 4.85. The van der Waals surface area contributed by atoms with E-state index >= 15 is 0 Å². The fourth-order valence-electron chi connectivity index (χ4n) is 2.16. The van der Waals surface area contributed by atoms with Crippen LogP contribution >= 0.6 is 35.6 Å². The van der Waals surface area contributed by atoms with Gasteiger partial charge in [0.25, 0.3) is 11.6 Å². The first-order chi connectivity index (χ1) is 11.5. The molecule has 0 aliphatic carbocycles. The molecule has 0 spiro atoms. The molecule has 1 aliphatic rings. The van der Waals surface area contributed by atoms with Gasteiger partial charge in [0.15, 0.2) is 4.32 Å². The molecule has 1 saturated heterocycles. The molecule has 24 heavy (non-hydrogen) atoms. The third-order valence-electron chi connectivity index (χ3n) is 3.26. The van der Waals surface area contributed by atoms with Crippen molar-refractivity contribution in [1.82, 2.24) is 0 Å². The highest BCUT2D eigenvalue weighted by atomic mass is 35.5. The van der Waals surface area contributed by atoms with Crippen LogP contribution in [0.5, 0.6) is 0 Å². The lowest BCUT2D eigenvalue weighted by molar-refractivity contribution is -0.384. The SMILES string of the molecule is O=C1/C(=C\c2cccc([N+](=O)[O-])c2)SC(=S)N1c1ccc(Cl)cc1. The van der Waals surface area contributed by atoms with Crippen molar-refractivity contribution in [2.24, 2.45) is 0 Å². The molecule has 1 fully saturated rings. The summed E-state index contributed by atoms with van der Waals surface area (Å²) >= 11 is 12.3. The molecule has 0 saturated carbocycles. The Morgan fingerprint density at radius 1 is 1.21 bits per heavy atom. The monoisotopic (exact) mass is 376 g/mol. The lowest BCUT2D eigenvalue weighted by Gasteiger charge is -2.14. The highest BCUT2D eigenvalue weighted by Gasteiger charge is 2.33. The Labute approximate surface area is 152 Å². The number of nitrogens with zero attached hydrogens (tertiary/aromatic N) is 2. The molecular formula is C16H9ClN2O3S2. The van der Waals surface area contributed by atoms with E-state index in [1.54, 1.807) is 42.5 Å². The molecule has 0 N–H and O–H groups in total. The number of nitro groups is 1. The number of benzene rings is 2. The average Bonchev–Trinajstić information content (AvgIpc) is 2.83. The lowest BCUT2D eigenvalue weighted by atomic mass is 10.2. The van der Waals surface area contributed by atoms with E-state index in [1.807, 2.05) is 0 Å². The number of thiocarbonyl (C=S) groups is 1. The van der Waals surface area contributed by atoms with Crippen LogP contribution in [0.15, 0.2) is 53.4 Å². The molecule has 2 aromatic rings. The Kier molecular flexibility index (Phi) is 4.66. The summed E-state index contributed by atoms with van der Waals surface area (Å²) in [6.45, 7) is 0. The van der Waals surface area contributed by atoms with Crippen LogP contribution in [0.4, 0.5) is 11.4 Å². The van der Waals surface area contributed by atoms with Crippen molar-refractivity contribution < 1.29 is 9.72 Å². The zero-order chi connectivity index (χ0) is 17.3. The highest BCUT2D eigenvalue weighted by Crippen LogP contribution is 2.36. The van der Waals surface area contributed by atoms with Gasteiger partial charge >= 0.3 is 0 Å². The molecule has 0 bridgehead atoms. The summed E-state index contributed by atoms with van der Waals surface area (Å²) in [6.07, 6.45) is 1.60. The van der Waals surface area contributed by atoms with Crippen LogP contribution in [0.25, 0.3) is 6.08 Å². The maximum atomic E-state index is 12.6. The fourth-order valence-corrected chi connectivity index (χ4v) is 3.58. The van der Waals surface area contributed by atoms with E-state index in [0.29, 0.717) is 25.5 Å². The van der Waals surface area contributed by atoms with E-state index in [0.717, 1.165) is 11.8 Å². The number of hydrogen-bond acceptors (Lipinski definition) is 5. The zero-order valence-corrected chi connectivity index (χ0v) is 14.4. The fraction of sp³-hybridized carbons (Fsp3) is 0. The Morgan fingerprint density at radius 2 is 1.92 bits per heavy atom. The number of rotatable bonds is 3. The van der Waals surface area contributed by atoms with E-state index in [4.69, 9.17) is 23.8 Å². The van der Waals surface area contributed by atoms with Crippen molar-refractivity contribution in [3.63, 3.8) is 0 Å². The summed E-state index contributed by atoms with van der Waals surface area (Å²) < 4.78 is 0.402. The van der Waals surface area contributed by atoms with Gasteiger partial charge in [-0.2, -0.15) is 0 Å². The van der Waals surface area contributed by atoms with Crippen molar-refractivity contribution in [3.05, 3.63) is 74.1 Å². The molecule has 0 aromatic heterocycles. The van der Waals surface area contributed by atoms with Crippen molar-refractivity contribution in [2.75, 3.05) is 4.90 Å². The molecule has 8 heteroatoms. The van der Waals surface area contributed by atoms with E-state index in [2.05, 4.69) is 0 Å². The molecule has 2 aromatic carbocycles. The molecule has 1 aliphatic heterocycles. The number of non-ortho nitro benzene ring substituents is 1. The maximum Gasteiger partial charge on any atom is 0.270 e. The molecule has 0 atom stereocenters. The summed E-state index contributed by atoms with van der Waals surface area (Å²) in [6, 6.07) is 12.9.